The highest BCUT2D eigenvalue weighted by atomic mass is 16.5. The standard InChI is InChI=1S/C26H36N2O4/c1-7-22(26(30)27-18(2)3)28(17-21-10-8-9-19(4)15-21)25(29)14-12-20-11-13-23(31-5)24(16-20)32-6/h8-11,13,15-16,18,22H,7,12,14,17H2,1-6H3,(H,27,30). The number of ether oxygens (including phenoxy) is 2. The van der Waals surface area contributed by atoms with E-state index in [2.05, 4.69) is 11.4 Å². The molecule has 2 aromatic rings. The van der Waals surface area contributed by atoms with E-state index in [4.69, 9.17) is 9.47 Å². The van der Waals surface area contributed by atoms with E-state index in [0.29, 0.717) is 37.3 Å². The molecule has 32 heavy (non-hydrogen) atoms. The minimum Gasteiger partial charge on any atom is -0.493 e. The van der Waals surface area contributed by atoms with Gasteiger partial charge in [0, 0.05) is 19.0 Å². The van der Waals surface area contributed by atoms with Gasteiger partial charge in [-0.05, 0) is 56.9 Å². The third kappa shape index (κ3) is 7.01. The summed E-state index contributed by atoms with van der Waals surface area (Å²) in [6, 6.07) is 13.2. The van der Waals surface area contributed by atoms with E-state index in [1.165, 1.54) is 0 Å². The van der Waals surface area contributed by atoms with Crippen LogP contribution in [0.15, 0.2) is 42.5 Å². The van der Waals surface area contributed by atoms with Crippen molar-refractivity contribution in [2.75, 3.05) is 14.2 Å². The molecule has 0 saturated heterocycles. The summed E-state index contributed by atoms with van der Waals surface area (Å²) in [4.78, 5) is 28.0. The first-order valence-corrected chi connectivity index (χ1v) is 11.1. The maximum absolute atomic E-state index is 13.4. The van der Waals surface area contributed by atoms with E-state index in [9.17, 15) is 9.59 Å². The molecule has 1 unspecified atom stereocenters. The van der Waals surface area contributed by atoms with Crippen molar-refractivity contribution in [1.82, 2.24) is 10.2 Å². The number of carbonyl (C=O) groups excluding carboxylic acids is 2. The van der Waals surface area contributed by atoms with E-state index in [-0.39, 0.29) is 17.9 Å². The van der Waals surface area contributed by atoms with Gasteiger partial charge in [-0.25, -0.2) is 0 Å². The Labute approximate surface area is 191 Å². The highest BCUT2D eigenvalue weighted by molar-refractivity contribution is 5.87. The molecule has 0 spiro atoms. The zero-order valence-corrected chi connectivity index (χ0v) is 20.1. The topological polar surface area (TPSA) is 67.9 Å². The van der Waals surface area contributed by atoms with E-state index in [1.54, 1.807) is 19.1 Å². The molecular formula is C26H36N2O4. The molecule has 2 aromatic carbocycles. The lowest BCUT2D eigenvalue weighted by Crippen LogP contribution is -2.50. The van der Waals surface area contributed by atoms with Crippen LogP contribution in [-0.4, -0.2) is 43.0 Å². The van der Waals surface area contributed by atoms with Crippen molar-refractivity contribution in [2.24, 2.45) is 0 Å². The van der Waals surface area contributed by atoms with Crippen LogP contribution in [0.4, 0.5) is 0 Å². The first-order valence-electron chi connectivity index (χ1n) is 11.1. The summed E-state index contributed by atoms with van der Waals surface area (Å²) in [5.41, 5.74) is 3.12. The van der Waals surface area contributed by atoms with Crippen LogP contribution in [0.5, 0.6) is 11.5 Å². The molecule has 0 bridgehead atoms. The van der Waals surface area contributed by atoms with Crippen LogP contribution in [0.3, 0.4) is 0 Å². The number of methoxy groups -OCH3 is 2. The van der Waals surface area contributed by atoms with Crippen molar-refractivity contribution in [3.8, 4) is 11.5 Å². The summed E-state index contributed by atoms with van der Waals surface area (Å²) in [6.07, 6.45) is 1.39. The van der Waals surface area contributed by atoms with Crippen LogP contribution < -0.4 is 14.8 Å². The van der Waals surface area contributed by atoms with Crippen LogP contribution in [0.1, 0.15) is 50.3 Å². The second-order valence-corrected chi connectivity index (χ2v) is 8.29. The summed E-state index contributed by atoms with van der Waals surface area (Å²) >= 11 is 0. The van der Waals surface area contributed by atoms with Crippen LogP contribution in [0.2, 0.25) is 0 Å². The largest absolute Gasteiger partial charge is 0.493 e. The summed E-state index contributed by atoms with van der Waals surface area (Å²) in [5, 5.41) is 2.96. The number of nitrogens with zero attached hydrogens (tertiary/aromatic N) is 1. The number of amides is 2. The summed E-state index contributed by atoms with van der Waals surface area (Å²) in [5.74, 6) is 1.12. The zero-order valence-electron chi connectivity index (χ0n) is 20.1. The summed E-state index contributed by atoms with van der Waals surface area (Å²) < 4.78 is 10.7. The fourth-order valence-electron chi connectivity index (χ4n) is 3.74. The van der Waals surface area contributed by atoms with Gasteiger partial charge < -0.3 is 19.7 Å². The lowest BCUT2D eigenvalue weighted by Gasteiger charge is -2.31. The number of hydrogen-bond acceptors (Lipinski definition) is 4. The molecule has 2 rings (SSSR count). The average molecular weight is 441 g/mol. The van der Waals surface area contributed by atoms with Gasteiger partial charge in [-0.2, -0.15) is 0 Å². The van der Waals surface area contributed by atoms with E-state index in [0.717, 1.165) is 16.7 Å². The number of nitrogens with one attached hydrogen (secondary N) is 1. The number of rotatable bonds is 11. The Bertz CT molecular complexity index is 910. The van der Waals surface area contributed by atoms with Gasteiger partial charge in [0.1, 0.15) is 6.04 Å². The Kier molecular flexibility index (Phi) is 9.57. The maximum atomic E-state index is 13.4. The normalized spacial score (nSPS) is 11.7. The van der Waals surface area contributed by atoms with Gasteiger partial charge in [0.2, 0.25) is 11.8 Å². The fourth-order valence-corrected chi connectivity index (χ4v) is 3.74. The second-order valence-electron chi connectivity index (χ2n) is 8.29. The van der Waals surface area contributed by atoms with E-state index >= 15 is 0 Å². The summed E-state index contributed by atoms with van der Waals surface area (Å²) in [6.45, 7) is 8.21. The number of carbonyl (C=O) groups is 2. The molecule has 1 atom stereocenters. The average Bonchev–Trinajstić information content (AvgIpc) is 2.76. The van der Waals surface area contributed by atoms with Gasteiger partial charge in [-0.3, -0.25) is 9.59 Å². The molecule has 6 heteroatoms. The Hall–Kier alpha value is -3.02. The van der Waals surface area contributed by atoms with Gasteiger partial charge >= 0.3 is 0 Å². The predicted octanol–water partition coefficient (Wildman–Crippen LogP) is 4.28. The SMILES string of the molecule is CCC(C(=O)NC(C)C)N(Cc1cccc(C)c1)C(=O)CCc1ccc(OC)c(OC)c1. The monoisotopic (exact) mass is 440 g/mol. The second kappa shape index (κ2) is 12.1. The van der Waals surface area contributed by atoms with Crippen LogP contribution in [0.25, 0.3) is 0 Å². The molecule has 0 aromatic heterocycles. The Morgan fingerprint density at radius 1 is 1.00 bits per heavy atom. The third-order valence-electron chi connectivity index (χ3n) is 5.33. The molecule has 6 nitrogen and oxygen atoms in total. The molecule has 0 fully saturated rings. The van der Waals surface area contributed by atoms with Crippen molar-refractivity contribution in [2.45, 2.75) is 65.6 Å². The minimum atomic E-state index is -0.518. The Balaban J connectivity index is 2.23. The molecule has 0 aliphatic heterocycles. The van der Waals surface area contributed by atoms with Gasteiger partial charge in [0.15, 0.2) is 11.5 Å². The fraction of sp³-hybridized carbons (Fsp3) is 0.462. The van der Waals surface area contributed by atoms with Gasteiger partial charge in [0.25, 0.3) is 0 Å². The van der Waals surface area contributed by atoms with Crippen molar-refractivity contribution in [1.29, 1.82) is 0 Å². The van der Waals surface area contributed by atoms with Crippen LogP contribution in [0, 0.1) is 6.92 Å². The van der Waals surface area contributed by atoms with Crippen LogP contribution >= 0.6 is 0 Å². The highest BCUT2D eigenvalue weighted by Crippen LogP contribution is 2.28. The number of hydrogen-bond donors (Lipinski definition) is 1. The van der Waals surface area contributed by atoms with Crippen molar-refractivity contribution in [3.05, 3.63) is 59.2 Å². The Morgan fingerprint density at radius 3 is 2.31 bits per heavy atom. The molecule has 0 saturated carbocycles. The molecule has 1 N–H and O–H groups in total. The van der Waals surface area contributed by atoms with Gasteiger partial charge in [-0.15, -0.1) is 0 Å². The van der Waals surface area contributed by atoms with E-state index in [1.807, 2.05) is 64.1 Å². The molecule has 0 aliphatic rings. The molecule has 2 amide bonds. The van der Waals surface area contributed by atoms with Crippen molar-refractivity contribution < 1.29 is 19.1 Å². The molecule has 174 valence electrons. The first kappa shape index (κ1) is 25.2. The number of aryl methyl sites for hydroxylation is 2. The lowest BCUT2D eigenvalue weighted by molar-refractivity contribution is -0.141. The molecule has 0 heterocycles. The maximum Gasteiger partial charge on any atom is 0.243 e. The minimum absolute atomic E-state index is 0.0132. The highest BCUT2D eigenvalue weighted by Gasteiger charge is 2.28. The molecule has 0 radical (unpaired) electrons. The van der Waals surface area contributed by atoms with Gasteiger partial charge in [0.05, 0.1) is 14.2 Å². The molecular weight excluding hydrogens is 404 g/mol. The molecule has 0 aliphatic carbocycles. The van der Waals surface area contributed by atoms with Gasteiger partial charge in [-0.1, -0.05) is 42.8 Å². The number of benzene rings is 2. The smallest absolute Gasteiger partial charge is 0.243 e. The van der Waals surface area contributed by atoms with E-state index < -0.39 is 6.04 Å². The lowest BCUT2D eigenvalue weighted by atomic mass is 10.0. The quantitative estimate of drug-likeness (QED) is 0.566. The van der Waals surface area contributed by atoms with Crippen LogP contribution in [-0.2, 0) is 22.6 Å². The zero-order chi connectivity index (χ0) is 23.7. The predicted molar refractivity (Wildman–Crippen MR) is 127 cm³/mol. The van der Waals surface area contributed by atoms with Crippen molar-refractivity contribution in [3.63, 3.8) is 0 Å². The van der Waals surface area contributed by atoms with Crippen molar-refractivity contribution >= 4 is 11.8 Å². The summed E-state index contributed by atoms with van der Waals surface area (Å²) in [7, 11) is 3.19. The first-order chi connectivity index (χ1) is 15.3. The Morgan fingerprint density at radius 2 is 1.72 bits per heavy atom. The third-order valence-corrected chi connectivity index (χ3v) is 5.33.